The van der Waals surface area contributed by atoms with Gasteiger partial charge in [-0.15, -0.1) is 0 Å². The summed E-state index contributed by atoms with van der Waals surface area (Å²) in [7, 11) is 0. The highest BCUT2D eigenvalue weighted by Gasteiger charge is 2.69. The number of nitrogens with one attached hydrogen (secondary N) is 1. The average Bonchev–Trinajstić information content (AvgIpc) is 2.92. The molecule has 0 aromatic heterocycles. The summed E-state index contributed by atoms with van der Waals surface area (Å²) in [6, 6.07) is 0. The number of carboxylic acids is 1. The lowest BCUT2D eigenvalue weighted by Gasteiger charge is -2.71. The van der Waals surface area contributed by atoms with Crippen LogP contribution in [0, 0.1) is 56.7 Å². The van der Waals surface area contributed by atoms with Crippen molar-refractivity contribution in [2.75, 3.05) is 6.54 Å². The van der Waals surface area contributed by atoms with E-state index >= 15 is 0 Å². The number of hydrogen-bond donors (Lipinski definition) is 3. The van der Waals surface area contributed by atoms with Gasteiger partial charge in [-0.3, -0.25) is 9.59 Å². The number of rotatable bonds is 8. The molecule has 10 atom stereocenters. The SMILES string of the molecule is C[C@@H]1CC[C@]2(C(=O)NCCCCCCC(=O)O)CC[C@]3(C)C(=CCC4[C@@]5(C)CC[C@H](O)C(C)(C)C5CC[C@]43C)C2[C@H]1C. The van der Waals surface area contributed by atoms with Crippen molar-refractivity contribution in [3.05, 3.63) is 11.6 Å². The first-order valence-electron chi connectivity index (χ1n) is 17.5. The van der Waals surface area contributed by atoms with Gasteiger partial charge in [-0.25, -0.2) is 0 Å². The summed E-state index contributed by atoms with van der Waals surface area (Å²) in [5.74, 6) is 2.14. The molecular weight excluding hydrogens is 522 g/mol. The summed E-state index contributed by atoms with van der Waals surface area (Å²) < 4.78 is 0. The van der Waals surface area contributed by atoms with Gasteiger partial charge < -0.3 is 15.5 Å². The zero-order valence-electron chi connectivity index (χ0n) is 27.9. The topological polar surface area (TPSA) is 86.6 Å². The summed E-state index contributed by atoms with van der Waals surface area (Å²) in [4.78, 5) is 25.0. The fourth-order valence-electron chi connectivity index (χ4n) is 12.0. The average molecular weight is 584 g/mol. The molecule has 0 aromatic carbocycles. The fourth-order valence-corrected chi connectivity index (χ4v) is 12.0. The predicted molar refractivity (Wildman–Crippen MR) is 169 cm³/mol. The van der Waals surface area contributed by atoms with Gasteiger partial charge in [0, 0.05) is 13.0 Å². The number of allylic oxidation sites excluding steroid dienone is 2. The van der Waals surface area contributed by atoms with Gasteiger partial charge in [0.25, 0.3) is 0 Å². The van der Waals surface area contributed by atoms with Crippen molar-refractivity contribution >= 4 is 11.9 Å². The molecule has 5 aliphatic rings. The first-order valence-corrected chi connectivity index (χ1v) is 17.5. The van der Waals surface area contributed by atoms with E-state index in [1.54, 1.807) is 5.57 Å². The molecule has 0 bridgehead atoms. The quantitative estimate of drug-likeness (QED) is 0.199. The molecule has 238 valence electrons. The predicted octanol–water partition coefficient (Wildman–Crippen LogP) is 8.16. The molecule has 1 amide bonds. The number of aliphatic carboxylic acids is 1. The minimum atomic E-state index is -0.723. The van der Waals surface area contributed by atoms with Crippen LogP contribution in [0.2, 0.25) is 0 Å². The van der Waals surface area contributed by atoms with Crippen LogP contribution in [0.4, 0.5) is 0 Å². The Balaban J connectivity index is 1.40. The molecule has 42 heavy (non-hydrogen) atoms. The summed E-state index contributed by atoms with van der Waals surface area (Å²) in [6.45, 7) is 18.0. The fraction of sp³-hybridized carbons (Fsp3) is 0.892. The molecule has 3 N–H and O–H groups in total. The van der Waals surface area contributed by atoms with Gasteiger partial charge in [-0.05, 0) is 122 Å². The van der Waals surface area contributed by atoms with Gasteiger partial charge in [0.05, 0.1) is 11.5 Å². The van der Waals surface area contributed by atoms with Crippen molar-refractivity contribution in [2.24, 2.45) is 56.7 Å². The Kier molecular flexibility index (Phi) is 8.56. The molecule has 0 saturated heterocycles. The number of aliphatic hydroxyl groups excluding tert-OH is 1. The second-order valence-corrected chi connectivity index (χ2v) is 17.0. The van der Waals surface area contributed by atoms with Crippen molar-refractivity contribution in [3.8, 4) is 0 Å². The number of carboxylic acid groups (broad SMARTS) is 1. The van der Waals surface area contributed by atoms with Crippen LogP contribution in [0.3, 0.4) is 0 Å². The molecule has 5 heteroatoms. The van der Waals surface area contributed by atoms with E-state index in [0.717, 1.165) is 70.6 Å². The number of aliphatic hydroxyl groups is 1. The van der Waals surface area contributed by atoms with Gasteiger partial charge in [0.15, 0.2) is 0 Å². The van der Waals surface area contributed by atoms with Crippen LogP contribution >= 0.6 is 0 Å². The van der Waals surface area contributed by atoms with E-state index in [0.29, 0.717) is 36.1 Å². The first-order chi connectivity index (χ1) is 19.6. The lowest BCUT2D eigenvalue weighted by atomic mass is 9.33. The summed E-state index contributed by atoms with van der Waals surface area (Å²) in [5, 5.41) is 23.3. The summed E-state index contributed by atoms with van der Waals surface area (Å²) in [6.07, 6.45) is 16.0. The van der Waals surface area contributed by atoms with Crippen LogP contribution < -0.4 is 5.32 Å². The van der Waals surface area contributed by atoms with Crippen molar-refractivity contribution in [3.63, 3.8) is 0 Å². The third-order valence-corrected chi connectivity index (χ3v) is 15.0. The highest BCUT2D eigenvalue weighted by molar-refractivity contribution is 5.84. The monoisotopic (exact) mass is 583 g/mol. The molecule has 0 spiro atoms. The van der Waals surface area contributed by atoms with Gasteiger partial charge in [0.2, 0.25) is 5.91 Å². The second kappa shape index (κ2) is 11.2. The number of carbonyl (C=O) groups excluding carboxylic acids is 1. The molecule has 5 aliphatic carbocycles. The van der Waals surface area contributed by atoms with E-state index in [9.17, 15) is 14.7 Å². The maximum Gasteiger partial charge on any atom is 0.303 e. The largest absolute Gasteiger partial charge is 0.481 e. The Labute approximate surface area is 256 Å². The number of amides is 1. The normalized spacial score (nSPS) is 45.9. The molecule has 3 unspecified atom stereocenters. The molecule has 0 radical (unpaired) electrons. The Morgan fingerprint density at radius 1 is 0.881 bits per heavy atom. The van der Waals surface area contributed by atoms with Crippen molar-refractivity contribution in [1.82, 2.24) is 5.32 Å². The second-order valence-electron chi connectivity index (χ2n) is 17.0. The maximum atomic E-state index is 14.2. The summed E-state index contributed by atoms with van der Waals surface area (Å²) in [5.41, 5.74) is 1.83. The Bertz CT molecular complexity index is 1080. The minimum Gasteiger partial charge on any atom is -0.481 e. The number of hydrogen-bond acceptors (Lipinski definition) is 3. The van der Waals surface area contributed by atoms with Crippen molar-refractivity contribution < 1.29 is 19.8 Å². The Hall–Kier alpha value is -1.36. The smallest absolute Gasteiger partial charge is 0.303 e. The zero-order valence-corrected chi connectivity index (χ0v) is 27.9. The molecule has 4 fully saturated rings. The highest BCUT2D eigenvalue weighted by Crippen LogP contribution is 2.75. The van der Waals surface area contributed by atoms with Crippen molar-refractivity contribution in [1.29, 1.82) is 0 Å². The third kappa shape index (κ3) is 4.72. The molecule has 0 aromatic rings. The van der Waals surface area contributed by atoms with E-state index in [1.807, 2.05) is 0 Å². The minimum absolute atomic E-state index is 0.0391. The maximum absolute atomic E-state index is 14.2. The third-order valence-electron chi connectivity index (χ3n) is 15.0. The van der Waals surface area contributed by atoms with E-state index in [1.165, 1.54) is 12.8 Å². The van der Waals surface area contributed by atoms with E-state index in [2.05, 4.69) is 59.9 Å². The lowest BCUT2D eigenvalue weighted by molar-refractivity contribution is -0.204. The molecule has 0 aliphatic heterocycles. The van der Waals surface area contributed by atoms with E-state index in [4.69, 9.17) is 5.11 Å². The standard InChI is InChI=1S/C37H61NO4/c1-24-15-20-37(32(42)38-23-11-9-8-10-12-30(40)41)22-21-35(6)26(31(37)25(24)2)13-14-28-34(5)18-17-29(39)33(3,4)27(34)16-19-36(28,35)7/h13,24-25,27-29,31,39H,8-12,14-23H2,1-7H3,(H,38,42)(H,40,41)/t24-,25+,27?,28?,29+,31?,34+,35-,36-,37+/m1/s1. The van der Waals surface area contributed by atoms with Gasteiger partial charge in [-0.2, -0.15) is 0 Å². The van der Waals surface area contributed by atoms with Crippen LogP contribution in [-0.4, -0.2) is 34.7 Å². The van der Waals surface area contributed by atoms with Crippen molar-refractivity contribution in [2.45, 2.75) is 144 Å². The van der Waals surface area contributed by atoms with Gasteiger partial charge in [0.1, 0.15) is 0 Å². The molecular formula is C37H61NO4. The van der Waals surface area contributed by atoms with Gasteiger partial charge in [-0.1, -0.05) is 73.0 Å². The highest BCUT2D eigenvalue weighted by atomic mass is 16.4. The Morgan fingerprint density at radius 2 is 1.60 bits per heavy atom. The number of carbonyl (C=O) groups is 2. The lowest BCUT2D eigenvalue weighted by Crippen LogP contribution is -2.66. The molecule has 0 heterocycles. The van der Waals surface area contributed by atoms with Crippen LogP contribution in [0.1, 0.15) is 138 Å². The van der Waals surface area contributed by atoms with Crippen LogP contribution in [-0.2, 0) is 9.59 Å². The summed E-state index contributed by atoms with van der Waals surface area (Å²) >= 11 is 0. The van der Waals surface area contributed by atoms with Crippen LogP contribution in [0.25, 0.3) is 0 Å². The van der Waals surface area contributed by atoms with Crippen LogP contribution in [0.5, 0.6) is 0 Å². The number of unbranched alkanes of at least 4 members (excludes halogenated alkanes) is 3. The number of fused-ring (bicyclic) bond motifs is 7. The van der Waals surface area contributed by atoms with E-state index in [-0.39, 0.29) is 45.5 Å². The molecule has 4 saturated carbocycles. The van der Waals surface area contributed by atoms with E-state index < -0.39 is 5.97 Å². The van der Waals surface area contributed by atoms with Gasteiger partial charge >= 0.3 is 5.97 Å². The first kappa shape index (κ1) is 32.0. The van der Waals surface area contributed by atoms with Crippen LogP contribution in [0.15, 0.2) is 11.6 Å². The Morgan fingerprint density at radius 3 is 2.31 bits per heavy atom. The molecule has 5 rings (SSSR count). The molecule has 5 nitrogen and oxygen atoms in total. The zero-order chi connectivity index (χ0) is 30.7.